The normalized spacial score (nSPS) is 10.9. The molecule has 0 aliphatic rings. The molecule has 1 heterocycles. The zero-order valence-electron chi connectivity index (χ0n) is 16.9. The molecule has 0 bridgehead atoms. The van der Waals surface area contributed by atoms with Gasteiger partial charge in [-0.2, -0.15) is 5.10 Å². The highest BCUT2D eigenvalue weighted by molar-refractivity contribution is 5.95. The van der Waals surface area contributed by atoms with Crippen LogP contribution in [0.5, 0.6) is 0 Å². The summed E-state index contributed by atoms with van der Waals surface area (Å²) in [5.74, 6) is -0.00461. The average molecular weight is 375 g/mol. The largest absolute Gasteiger partial charge is 0.310 e. The standard InChI is InChI=1S/C23H25N3O2/c1-14(2)23(28)24-22-20(18-10-6-15(3)7-11-18)21(27)17(5)25-26(22)19-12-8-16(4)9-13-19/h6-14H,1-5H3,(H,24,28). The summed E-state index contributed by atoms with van der Waals surface area (Å²) in [4.78, 5) is 25.6. The maximum atomic E-state index is 13.0. The molecule has 1 aromatic heterocycles. The van der Waals surface area contributed by atoms with Gasteiger partial charge in [0.25, 0.3) is 0 Å². The van der Waals surface area contributed by atoms with Crippen LogP contribution in [0.25, 0.3) is 16.8 Å². The smallest absolute Gasteiger partial charge is 0.228 e. The molecule has 28 heavy (non-hydrogen) atoms. The number of hydrogen-bond acceptors (Lipinski definition) is 3. The number of amides is 1. The number of benzene rings is 2. The minimum atomic E-state index is -0.228. The second-order valence-electron chi connectivity index (χ2n) is 7.40. The molecule has 1 amide bonds. The molecule has 0 saturated heterocycles. The molecule has 0 fully saturated rings. The molecule has 3 rings (SSSR count). The van der Waals surface area contributed by atoms with Gasteiger partial charge in [0, 0.05) is 5.92 Å². The molecule has 0 atom stereocenters. The lowest BCUT2D eigenvalue weighted by Crippen LogP contribution is -2.26. The number of aromatic nitrogens is 2. The molecule has 3 aromatic rings. The van der Waals surface area contributed by atoms with E-state index >= 15 is 0 Å². The van der Waals surface area contributed by atoms with Crippen LogP contribution >= 0.6 is 0 Å². The summed E-state index contributed by atoms with van der Waals surface area (Å²) in [5, 5.41) is 7.41. The first-order chi connectivity index (χ1) is 13.3. The number of aryl methyl sites for hydroxylation is 3. The Morgan fingerprint density at radius 1 is 0.929 bits per heavy atom. The maximum absolute atomic E-state index is 13.0. The number of nitrogens with zero attached hydrogens (tertiary/aromatic N) is 2. The van der Waals surface area contributed by atoms with E-state index in [1.165, 1.54) is 0 Å². The minimum absolute atomic E-state index is 0.167. The van der Waals surface area contributed by atoms with Crippen molar-refractivity contribution in [3.05, 3.63) is 75.6 Å². The summed E-state index contributed by atoms with van der Waals surface area (Å²) >= 11 is 0. The third kappa shape index (κ3) is 3.88. The van der Waals surface area contributed by atoms with Crippen molar-refractivity contribution >= 4 is 11.7 Å². The van der Waals surface area contributed by atoms with Crippen molar-refractivity contribution in [3.63, 3.8) is 0 Å². The Bertz CT molecular complexity index is 1060. The van der Waals surface area contributed by atoms with E-state index in [4.69, 9.17) is 0 Å². The number of rotatable bonds is 4. The van der Waals surface area contributed by atoms with Gasteiger partial charge in [-0.05, 0) is 38.5 Å². The van der Waals surface area contributed by atoms with Crippen LogP contribution in [0.4, 0.5) is 5.82 Å². The van der Waals surface area contributed by atoms with E-state index in [1.807, 2.05) is 76.2 Å². The fourth-order valence-corrected chi connectivity index (χ4v) is 2.88. The van der Waals surface area contributed by atoms with Crippen LogP contribution < -0.4 is 10.7 Å². The first-order valence-corrected chi connectivity index (χ1v) is 9.37. The van der Waals surface area contributed by atoms with Crippen molar-refractivity contribution in [1.29, 1.82) is 0 Å². The Morgan fingerprint density at radius 3 is 2.00 bits per heavy atom. The third-order valence-corrected chi connectivity index (χ3v) is 4.64. The Morgan fingerprint density at radius 2 is 1.46 bits per heavy atom. The third-order valence-electron chi connectivity index (χ3n) is 4.64. The highest BCUT2D eigenvalue weighted by Gasteiger charge is 2.21. The lowest BCUT2D eigenvalue weighted by Gasteiger charge is -2.19. The van der Waals surface area contributed by atoms with Crippen molar-refractivity contribution in [3.8, 4) is 16.8 Å². The first kappa shape index (κ1) is 19.5. The Kier molecular flexibility index (Phi) is 5.45. The molecule has 0 aliphatic carbocycles. The maximum Gasteiger partial charge on any atom is 0.228 e. The second-order valence-corrected chi connectivity index (χ2v) is 7.40. The molecule has 0 aliphatic heterocycles. The molecular formula is C23H25N3O2. The Hall–Kier alpha value is -3.21. The van der Waals surface area contributed by atoms with E-state index in [9.17, 15) is 9.59 Å². The SMILES string of the molecule is Cc1ccc(-c2c(NC(=O)C(C)C)n(-c3ccc(C)cc3)nc(C)c2=O)cc1. The van der Waals surface area contributed by atoms with Crippen LogP contribution in [0, 0.1) is 26.7 Å². The molecule has 0 radical (unpaired) electrons. The zero-order chi connectivity index (χ0) is 20.4. The van der Waals surface area contributed by atoms with E-state index < -0.39 is 0 Å². The Balaban J connectivity index is 2.32. The van der Waals surface area contributed by atoms with E-state index in [2.05, 4.69) is 10.4 Å². The predicted octanol–water partition coefficient (Wildman–Crippen LogP) is 4.42. The van der Waals surface area contributed by atoms with Gasteiger partial charge >= 0.3 is 0 Å². The van der Waals surface area contributed by atoms with Crippen molar-refractivity contribution in [2.75, 3.05) is 5.32 Å². The molecule has 2 aromatic carbocycles. The van der Waals surface area contributed by atoms with Crippen LogP contribution in [-0.2, 0) is 4.79 Å². The van der Waals surface area contributed by atoms with Crippen molar-refractivity contribution in [1.82, 2.24) is 9.78 Å². The van der Waals surface area contributed by atoms with E-state index in [0.29, 0.717) is 17.1 Å². The monoisotopic (exact) mass is 375 g/mol. The fourth-order valence-electron chi connectivity index (χ4n) is 2.88. The molecule has 0 unspecified atom stereocenters. The van der Waals surface area contributed by atoms with Gasteiger partial charge in [0.2, 0.25) is 11.3 Å². The highest BCUT2D eigenvalue weighted by Crippen LogP contribution is 2.28. The number of hydrogen-bond donors (Lipinski definition) is 1. The van der Waals surface area contributed by atoms with Crippen molar-refractivity contribution in [2.24, 2.45) is 5.92 Å². The van der Waals surface area contributed by atoms with E-state index in [1.54, 1.807) is 11.6 Å². The van der Waals surface area contributed by atoms with Gasteiger partial charge in [0.05, 0.1) is 11.3 Å². The zero-order valence-corrected chi connectivity index (χ0v) is 16.9. The highest BCUT2D eigenvalue weighted by atomic mass is 16.2. The van der Waals surface area contributed by atoms with Crippen LogP contribution in [0.3, 0.4) is 0 Å². The molecule has 5 heteroatoms. The van der Waals surface area contributed by atoms with Gasteiger partial charge in [0.1, 0.15) is 11.5 Å². The second kappa shape index (κ2) is 7.80. The Labute approximate surface area is 165 Å². The van der Waals surface area contributed by atoms with Crippen molar-refractivity contribution in [2.45, 2.75) is 34.6 Å². The van der Waals surface area contributed by atoms with Gasteiger partial charge in [-0.15, -0.1) is 0 Å². The summed E-state index contributed by atoms with van der Waals surface area (Å²) in [7, 11) is 0. The molecule has 0 saturated carbocycles. The summed E-state index contributed by atoms with van der Waals surface area (Å²) in [5.41, 5.74) is 4.38. The molecular weight excluding hydrogens is 350 g/mol. The molecule has 144 valence electrons. The summed E-state index contributed by atoms with van der Waals surface area (Å²) in [6.07, 6.45) is 0. The van der Waals surface area contributed by atoms with Crippen LogP contribution in [0.15, 0.2) is 53.3 Å². The fraction of sp³-hybridized carbons (Fsp3) is 0.261. The molecule has 0 spiro atoms. The van der Waals surface area contributed by atoms with Gasteiger partial charge < -0.3 is 5.32 Å². The van der Waals surface area contributed by atoms with Crippen LogP contribution in [0.2, 0.25) is 0 Å². The minimum Gasteiger partial charge on any atom is -0.310 e. The number of carbonyl (C=O) groups excluding carboxylic acids is 1. The summed E-state index contributed by atoms with van der Waals surface area (Å²) < 4.78 is 1.64. The molecule has 5 nitrogen and oxygen atoms in total. The van der Waals surface area contributed by atoms with Gasteiger partial charge in [-0.1, -0.05) is 61.4 Å². The number of nitrogens with one attached hydrogen (secondary N) is 1. The quantitative estimate of drug-likeness (QED) is 0.734. The predicted molar refractivity (Wildman–Crippen MR) is 113 cm³/mol. The lowest BCUT2D eigenvalue weighted by atomic mass is 10.0. The lowest BCUT2D eigenvalue weighted by molar-refractivity contribution is -0.118. The van der Waals surface area contributed by atoms with Gasteiger partial charge in [-0.25, -0.2) is 4.68 Å². The molecule has 1 N–H and O–H groups in total. The topological polar surface area (TPSA) is 64.0 Å². The van der Waals surface area contributed by atoms with E-state index in [-0.39, 0.29) is 17.3 Å². The summed E-state index contributed by atoms with van der Waals surface area (Å²) in [6.45, 7) is 9.33. The van der Waals surface area contributed by atoms with Crippen LogP contribution in [0.1, 0.15) is 30.7 Å². The number of anilines is 1. The first-order valence-electron chi connectivity index (χ1n) is 9.37. The number of carbonyl (C=O) groups is 1. The summed E-state index contributed by atoms with van der Waals surface area (Å²) in [6, 6.07) is 15.5. The van der Waals surface area contributed by atoms with Gasteiger partial charge in [-0.3, -0.25) is 9.59 Å². The van der Waals surface area contributed by atoms with Crippen molar-refractivity contribution < 1.29 is 4.79 Å². The van der Waals surface area contributed by atoms with Crippen LogP contribution in [-0.4, -0.2) is 15.7 Å². The van der Waals surface area contributed by atoms with Gasteiger partial charge in [0.15, 0.2) is 0 Å². The average Bonchev–Trinajstić information content (AvgIpc) is 2.66. The van der Waals surface area contributed by atoms with E-state index in [0.717, 1.165) is 22.4 Å².